The summed E-state index contributed by atoms with van der Waals surface area (Å²) in [6.45, 7) is 2.07. The van der Waals surface area contributed by atoms with Gasteiger partial charge in [-0.25, -0.2) is 0 Å². The molecule has 1 atom stereocenters. The Morgan fingerprint density at radius 2 is 1.85 bits per heavy atom. The molecule has 0 aliphatic heterocycles. The van der Waals surface area contributed by atoms with E-state index in [-0.39, 0.29) is 18.3 Å². The number of aryl methyl sites for hydroxylation is 1. The molecule has 26 heavy (non-hydrogen) atoms. The van der Waals surface area contributed by atoms with Crippen molar-refractivity contribution in [2.75, 3.05) is 13.7 Å². The average molecular weight is 355 g/mol. The standard InChI is InChI=1S/C21H25NO4/c1-3-26-21(24)15-19(17-10-7-11-18(14-17)25-2)22-20(23)13-12-16-8-5-4-6-9-16/h4-11,14,19H,3,12-13,15H2,1-2H3,(H,22,23)/t19-/m1/s1. The van der Waals surface area contributed by atoms with Gasteiger partial charge in [0.25, 0.3) is 0 Å². The zero-order chi connectivity index (χ0) is 18.8. The zero-order valence-electron chi connectivity index (χ0n) is 15.2. The van der Waals surface area contributed by atoms with E-state index in [1.807, 2.05) is 54.6 Å². The fourth-order valence-electron chi connectivity index (χ4n) is 2.67. The molecule has 0 fully saturated rings. The summed E-state index contributed by atoms with van der Waals surface area (Å²) in [5, 5.41) is 2.95. The van der Waals surface area contributed by atoms with Gasteiger partial charge in [0.1, 0.15) is 5.75 Å². The molecule has 0 saturated carbocycles. The predicted octanol–water partition coefficient (Wildman–Crippen LogP) is 3.44. The van der Waals surface area contributed by atoms with Gasteiger partial charge in [-0.15, -0.1) is 0 Å². The van der Waals surface area contributed by atoms with E-state index in [1.165, 1.54) is 0 Å². The summed E-state index contributed by atoms with van der Waals surface area (Å²) in [7, 11) is 1.58. The van der Waals surface area contributed by atoms with E-state index in [0.29, 0.717) is 25.2 Å². The second-order valence-electron chi connectivity index (χ2n) is 5.89. The SMILES string of the molecule is CCOC(=O)C[C@@H](NC(=O)CCc1ccccc1)c1cccc(OC)c1. The summed E-state index contributed by atoms with van der Waals surface area (Å²) in [6, 6.07) is 16.7. The summed E-state index contributed by atoms with van der Waals surface area (Å²) in [5.74, 6) is 0.226. The number of ether oxygens (including phenoxy) is 2. The van der Waals surface area contributed by atoms with Crippen LogP contribution in [-0.2, 0) is 20.7 Å². The number of carbonyl (C=O) groups excluding carboxylic acids is 2. The van der Waals surface area contributed by atoms with Crippen LogP contribution < -0.4 is 10.1 Å². The highest BCUT2D eigenvalue weighted by Crippen LogP contribution is 2.22. The molecular formula is C21H25NO4. The third-order valence-corrected chi connectivity index (χ3v) is 3.99. The largest absolute Gasteiger partial charge is 0.497 e. The molecule has 0 aliphatic carbocycles. The highest BCUT2D eigenvalue weighted by atomic mass is 16.5. The van der Waals surface area contributed by atoms with E-state index in [9.17, 15) is 9.59 Å². The second kappa shape index (κ2) is 10.2. The summed E-state index contributed by atoms with van der Waals surface area (Å²) in [6.07, 6.45) is 1.09. The third kappa shape index (κ3) is 6.24. The first kappa shape index (κ1) is 19.5. The lowest BCUT2D eigenvalue weighted by Gasteiger charge is -2.19. The lowest BCUT2D eigenvalue weighted by Crippen LogP contribution is -2.30. The quantitative estimate of drug-likeness (QED) is 0.700. The number of nitrogens with one attached hydrogen (secondary N) is 1. The molecule has 0 aromatic heterocycles. The van der Waals surface area contributed by atoms with E-state index >= 15 is 0 Å². The molecule has 2 aromatic rings. The minimum absolute atomic E-state index is 0.0814. The number of methoxy groups -OCH3 is 1. The molecule has 5 nitrogen and oxygen atoms in total. The van der Waals surface area contributed by atoms with Crippen LogP contribution in [0, 0.1) is 0 Å². The van der Waals surface area contributed by atoms with Gasteiger partial charge in [-0.05, 0) is 36.6 Å². The van der Waals surface area contributed by atoms with Gasteiger partial charge in [0.15, 0.2) is 0 Å². The molecule has 0 heterocycles. The van der Waals surface area contributed by atoms with Crippen LogP contribution in [-0.4, -0.2) is 25.6 Å². The molecular weight excluding hydrogens is 330 g/mol. The van der Waals surface area contributed by atoms with E-state index in [4.69, 9.17) is 9.47 Å². The van der Waals surface area contributed by atoms with E-state index in [1.54, 1.807) is 14.0 Å². The molecule has 0 saturated heterocycles. The normalized spacial score (nSPS) is 11.5. The Kier molecular flexibility index (Phi) is 7.68. The number of rotatable bonds is 9. The van der Waals surface area contributed by atoms with Crippen LogP contribution in [0.1, 0.15) is 36.9 Å². The van der Waals surface area contributed by atoms with Crippen molar-refractivity contribution in [3.63, 3.8) is 0 Å². The smallest absolute Gasteiger partial charge is 0.308 e. The lowest BCUT2D eigenvalue weighted by molar-refractivity contribution is -0.143. The van der Waals surface area contributed by atoms with Crippen molar-refractivity contribution in [3.8, 4) is 5.75 Å². The van der Waals surface area contributed by atoms with Gasteiger partial charge in [0.05, 0.1) is 26.2 Å². The maximum atomic E-state index is 12.4. The van der Waals surface area contributed by atoms with Gasteiger partial charge in [0.2, 0.25) is 5.91 Å². The molecule has 2 aromatic carbocycles. The van der Waals surface area contributed by atoms with Crippen LogP contribution in [0.3, 0.4) is 0 Å². The molecule has 0 unspecified atom stereocenters. The molecule has 0 bridgehead atoms. The number of esters is 1. The fraction of sp³-hybridized carbons (Fsp3) is 0.333. The first-order valence-corrected chi connectivity index (χ1v) is 8.75. The molecule has 0 aliphatic rings. The highest BCUT2D eigenvalue weighted by molar-refractivity contribution is 5.78. The maximum absolute atomic E-state index is 12.4. The van der Waals surface area contributed by atoms with Gasteiger partial charge in [-0.1, -0.05) is 42.5 Å². The number of benzene rings is 2. The Balaban J connectivity index is 2.04. The molecule has 5 heteroatoms. The van der Waals surface area contributed by atoms with E-state index in [2.05, 4.69) is 5.32 Å². The van der Waals surface area contributed by atoms with Gasteiger partial charge in [0, 0.05) is 6.42 Å². The van der Waals surface area contributed by atoms with Crippen molar-refractivity contribution < 1.29 is 19.1 Å². The number of amides is 1. The molecule has 1 amide bonds. The minimum atomic E-state index is -0.451. The monoisotopic (exact) mass is 355 g/mol. The first-order valence-electron chi connectivity index (χ1n) is 8.75. The van der Waals surface area contributed by atoms with Gasteiger partial charge in [-0.3, -0.25) is 9.59 Å². The van der Waals surface area contributed by atoms with Gasteiger partial charge >= 0.3 is 5.97 Å². The Hall–Kier alpha value is -2.82. The Morgan fingerprint density at radius 1 is 1.08 bits per heavy atom. The number of hydrogen-bond donors (Lipinski definition) is 1. The molecule has 1 N–H and O–H groups in total. The molecule has 0 spiro atoms. The lowest BCUT2D eigenvalue weighted by atomic mass is 10.0. The van der Waals surface area contributed by atoms with Crippen molar-refractivity contribution in [1.29, 1.82) is 0 Å². The first-order chi connectivity index (χ1) is 12.6. The Labute approximate surface area is 154 Å². The molecule has 2 rings (SSSR count). The molecule has 0 radical (unpaired) electrons. The van der Waals surface area contributed by atoms with Crippen LogP contribution in [0.5, 0.6) is 5.75 Å². The van der Waals surface area contributed by atoms with Crippen molar-refractivity contribution in [2.24, 2.45) is 0 Å². The summed E-state index contributed by atoms with van der Waals surface area (Å²) in [4.78, 5) is 24.3. The average Bonchev–Trinajstić information content (AvgIpc) is 2.67. The summed E-state index contributed by atoms with van der Waals surface area (Å²) in [5.41, 5.74) is 1.91. The highest BCUT2D eigenvalue weighted by Gasteiger charge is 2.19. The Bertz CT molecular complexity index is 715. The van der Waals surface area contributed by atoms with Crippen molar-refractivity contribution in [3.05, 3.63) is 65.7 Å². The third-order valence-electron chi connectivity index (χ3n) is 3.99. The summed E-state index contributed by atoms with van der Waals surface area (Å²) < 4.78 is 10.3. The zero-order valence-corrected chi connectivity index (χ0v) is 15.2. The fourth-order valence-corrected chi connectivity index (χ4v) is 2.67. The Morgan fingerprint density at radius 3 is 2.54 bits per heavy atom. The van der Waals surface area contributed by atoms with E-state index in [0.717, 1.165) is 11.1 Å². The minimum Gasteiger partial charge on any atom is -0.497 e. The maximum Gasteiger partial charge on any atom is 0.308 e. The van der Waals surface area contributed by atoms with Crippen LogP contribution in [0.25, 0.3) is 0 Å². The van der Waals surface area contributed by atoms with Crippen LogP contribution in [0.2, 0.25) is 0 Å². The number of hydrogen-bond acceptors (Lipinski definition) is 4. The van der Waals surface area contributed by atoms with Crippen LogP contribution in [0.15, 0.2) is 54.6 Å². The summed E-state index contributed by atoms with van der Waals surface area (Å²) >= 11 is 0. The molecule has 138 valence electrons. The van der Waals surface area contributed by atoms with Crippen LogP contribution >= 0.6 is 0 Å². The van der Waals surface area contributed by atoms with Crippen LogP contribution in [0.4, 0.5) is 0 Å². The number of carbonyl (C=O) groups is 2. The van der Waals surface area contributed by atoms with Crippen molar-refractivity contribution in [1.82, 2.24) is 5.32 Å². The van der Waals surface area contributed by atoms with Gasteiger partial charge < -0.3 is 14.8 Å². The van der Waals surface area contributed by atoms with Gasteiger partial charge in [-0.2, -0.15) is 0 Å². The van der Waals surface area contributed by atoms with Crippen molar-refractivity contribution in [2.45, 2.75) is 32.2 Å². The van der Waals surface area contributed by atoms with Crippen molar-refractivity contribution >= 4 is 11.9 Å². The second-order valence-corrected chi connectivity index (χ2v) is 5.89. The topological polar surface area (TPSA) is 64.6 Å². The van der Waals surface area contributed by atoms with E-state index < -0.39 is 6.04 Å². The predicted molar refractivity (Wildman–Crippen MR) is 99.9 cm³/mol.